The van der Waals surface area contributed by atoms with Gasteiger partial charge in [-0.05, 0) is 37.6 Å². The molecule has 1 fully saturated rings. The second-order valence-electron chi connectivity index (χ2n) is 6.04. The molecule has 0 bridgehead atoms. The minimum absolute atomic E-state index is 0.332. The van der Waals surface area contributed by atoms with Crippen molar-refractivity contribution in [2.24, 2.45) is 5.73 Å². The Morgan fingerprint density at radius 2 is 1.90 bits per heavy atom. The molecule has 0 amide bonds. The van der Waals surface area contributed by atoms with Crippen LogP contribution >= 0.6 is 0 Å². The molecule has 0 radical (unpaired) electrons. The van der Waals surface area contributed by atoms with Crippen LogP contribution in [0.3, 0.4) is 0 Å². The first-order valence-corrected chi connectivity index (χ1v) is 7.99. The molecular formula is C17H28N2O2. The van der Waals surface area contributed by atoms with Crippen molar-refractivity contribution < 1.29 is 9.84 Å². The number of ether oxygens (including phenoxy) is 1. The number of aliphatic hydroxyl groups is 1. The molecule has 3 N–H and O–H groups in total. The van der Waals surface area contributed by atoms with Crippen molar-refractivity contribution in [3.8, 4) is 5.75 Å². The Morgan fingerprint density at radius 3 is 2.52 bits per heavy atom. The lowest BCUT2D eigenvalue weighted by Crippen LogP contribution is -2.40. The average molecular weight is 292 g/mol. The Labute approximate surface area is 127 Å². The van der Waals surface area contributed by atoms with Gasteiger partial charge in [-0.15, -0.1) is 0 Å². The molecule has 4 nitrogen and oxygen atoms in total. The molecule has 1 saturated carbocycles. The predicted molar refractivity (Wildman–Crippen MR) is 85.3 cm³/mol. The normalized spacial score (nSPS) is 17.9. The lowest BCUT2D eigenvalue weighted by atomic mass is 9.94. The van der Waals surface area contributed by atoms with E-state index in [1.54, 1.807) is 0 Å². The maximum atomic E-state index is 10.1. The fourth-order valence-electron chi connectivity index (χ4n) is 2.97. The Morgan fingerprint density at radius 1 is 1.24 bits per heavy atom. The first-order chi connectivity index (χ1) is 10.2. The maximum absolute atomic E-state index is 10.1. The third kappa shape index (κ3) is 5.30. The van der Waals surface area contributed by atoms with Crippen molar-refractivity contribution in [1.29, 1.82) is 0 Å². The number of aliphatic hydroxyl groups excluding tert-OH is 1. The lowest BCUT2D eigenvalue weighted by molar-refractivity contribution is 0.0561. The van der Waals surface area contributed by atoms with Gasteiger partial charge in [0.2, 0.25) is 0 Å². The van der Waals surface area contributed by atoms with E-state index in [-0.39, 0.29) is 0 Å². The number of hydrogen-bond donors (Lipinski definition) is 2. The van der Waals surface area contributed by atoms with Gasteiger partial charge in [-0.2, -0.15) is 0 Å². The van der Waals surface area contributed by atoms with Crippen LogP contribution in [0.2, 0.25) is 0 Å². The van der Waals surface area contributed by atoms with Gasteiger partial charge in [-0.25, -0.2) is 0 Å². The molecule has 4 heteroatoms. The van der Waals surface area contributed by atoms with E-state index in [0.29, 0.717) is 25.7 Å². The minimum atomic E-state index is -0.453. The summed E-state index contributed by atoms with van der Waals surface area (Å²) in [5.74, 6) is 0.784. The molecule has 0 spiro atoms. The first kappa shape index (κ1) is 16.3. The maximum Gasteiger partial charge on any atom is 0.119 e. The van der Waals surface area contributed by atoms with E-state index >= 15 is 0 Å². The topological polar surface area (TPSA) is 58.7 Å². The molecule has 1 aliphatic rings. The zero-order valence-electron chi connectivity index (χ0n) is 13.0. The van der Waals surface area contributed by atoms with E-state index in [9.17, 15) is 5.11 Å². The fraction of sp³-hybridized carbons (Fsp3) is 0.647. The monoisotopic (exact) mass is 292 g/mol. The second-order valence-corrected chi connectivity index (χ2v) is 6.04. The van der Waals surface area contributed by atoms with Gasteiger partial charge in [0.25, 0.3) is 0 Å². The van der Waals surface area contributed by atoms with Crippen molar-refractivity contribution >= 4 is 0 Å². The quantitative estimate of drug-likeness (QED) is 0.808. The molecule has 118 valence electrons. The van der Waals surface area contributed by atoms with Crippen LogP contribution in [0.5, 0.6) is 5.75 Å². The summed E-state index contributed by atoms with van der Waals surface area (Å²) in [4.78, 5) is 2.28. The minimum Gasteiger partial charge on any atom is -0.491 e. The number of hydrogen-bond acceptors (Lipinski definition) is 4. The van der Waals surface area contributed by atoms with Gasteiger partial charge in [0.1, 0.15) is 18.5 Å². The molecule has 0 aliphatic heterocycles. The standard InChI is InChI=1S/C17H28N2O2/c1-19(15-5-3-2-4-6-15)12-16(20)13-21-17-9-7-14(11-18)8-10-17/h7-10,15-16,20H,2-6,11-13,18H2,1H3. The fourth-order valence-corrected chi connectivity index (χ4v) is 2.97. The number of likely N-dealkylation sites (N-methyl/N-ethyl adjacent to an activating group) is 1. The molecule has 1 aromatic rings. The number of nitrogens with zero attached hydrogens (tertiary/aromatic N) is 1. The van der Waals surface area contributed by atoms with Crippen LogP contribution < -0.4 is 10.5 Å². The van der Waals surface area contributed by atoms with Gasteiger partial charge in [-0.1, -0.05) is 31.4 Å². The summed E-state index contributed by atoms with van der Waals surface area (Å²) >= 11 is 0. The Hall–Kier alpha value is -1.10. The lowest BCUT2D eigenvalue weighted by Gasteiger charge is -2.32. The van der Waals surface area contributed by atoms with E-state index < -0.39 is 6.10 Å². The van der Waals surface area contributed by atoms with Gasteiger partial charge < -0.3 is 20.5 Å². The third-order valence-corrected chi connectivity index (χ3v) is 4.30. The highest BCUT2D eigenvalue weighted by molar-refractivity contribution is 5.27. The summed E-state index contributed by atoms with van der Waals surface area (Å²) in [5.41, 5.74) is 6.64. The van der Waals surface area contributed by atoms with Crippen molar-refractivity contribution in [3.05, 3.63) is 29.8 Å². The van der Waals surface area contributed by atoms with Crippen molar-refractivity contribution in [3.63, 3.8) is 0 Å². The van der Waals surface area contributed by atoms with Crippen LogP contribution in [0.15, 0.2) is 24.3 Å². The van der Waals surface area contributed by atoms with Crippen LogP contribution in [0, 0.1) is 0 Å². The number of nitrogens with two attached hydrogens (primary N) is 1. The van der Waals surface area contributed by atoms with Crippen LogP contribution in [0.25, 0.3) is 0 Å². The molecule has 1 aliphatic carbocycles. The highest BCUT2D eigenvalue weighted by Gasteiger charge is 2.20. The van der Waals surface area contributed by atoms with Crippen LogP contribution in [0.1, 0.15) is 37.7 Å². The highest BCUT2D eigenvalue weighted by atomic mass is 16.5. The zero-order chi connectivity index (χ0) is 15.1. The van der Waals surface area contributed by atoms with Gasteiger partial charge in [0.05, 0.1) is 0 Å². The molecule has 2 rings (SSSR count). The molecule has 1 aromatic carbocycles. The Kier molecular flexibility index (Phi) is 6.49. The van der Waals surface area contributed by atoms with Gasteiger partial charge in [0, 0.05) is 19.1 Å². The Balaban J connectivity index is 1.71. The Bertz CT molecular complexity index is 402. The highest BCUT2D eigenvalue weighted by Crippen LogP contribution is 2.21. The summed E-state index contributed by atoms with van der Waals surface area (Å²) < 4.78 is 5.64. The first-order valence-electron chi connectivity index (χ1n) is 7.99. The molecule has 21 heavy (non-hydrogen) atoms. The van der Waals surface area contributed by atoms with Crippen molar-refractivity contribution in [2.45, 2.75) is 50.8 Å². The predicted octanol–water partition coefficient (Wildman–Crippen LogP) is 2.15. The van der Waals surface area contributed by atoms with Gasteiger partial charge in [0.15, 0.2) is 0 Å². The van der Waals surface area contributed by atoms with Gasteiger partial charge >= 0.3 is 0 Å². The zero-order valence-corrected chi connectivity index (χ0v) is 13.0. The molecule has 1 unspecified atom stereocenters. The van der Waals surface area contributed by atoms with E-state index in [0.717, 1.165) is 11.3 Å². The third-order valence-electron chi connectivity index (χ3n) is 4.30. The van der Waals surface area contributed by atoms with E-state index in [1.807, 2.05) is 24.3 Å². The van der Waals surface area contributed by atoms with E-state index in [2.05, 4.69) is 11.9 Å². The summed E-state index contributed by atoms with van der Waals surface area (Å²) in [6, 6.07) is 8.34. The number of rotatable bonds is 7. The van der Waals surface area contributed by atoms with Crippen molar-refractivity contribution in [2.75, 3.05) is 20.2 Å². The molecular weight excluding hydrogens is 264 g/mol. The summed E-state index contributed by atoms with van der Waals surface area (Å²) in [7, 11) is 2.11. The van der Waals surface area contributed by atoms with Crippen LogP contribution in [-0.2, 0) is 6.54 Å². The van der Waals surface area contributed by atoms with Crippen LogP contribution in [-0.4, -0.2) is 42.4 Å². The van der Waals surface area contributed by atoms with E-state index in [1.165, 1.54) is 32.1 Å². The largest absolute Gasteiger partial charge is 0.491 e. The second kappa shape index (κ2) is 8.37. The molecule has 0 saturated heterocycles. The molecule has 0 heterocycles. The van der Waals surface area contributed by atoms with Crippen molar-refractivity contribution in [1.82, 2.24) is 4.90 Å². The average Bonchev–Trinajstić information content (AvgIpc) is 2.54. The summed E-state index contributed by atoms with van der Waals surface area (Å²) in [6.07, 6.45) is 6.04. The van der Waals surface area contributed by atoms with E-state index in [4.69, 9.17) is 10.5 Å². The summed E-state index contributed by atoms with van der Waals surface area (Å²) in [6.45, 7) is 1.54. The van der Waals surface area contributed by atoms with Crippen LogP contribution in [0.4, 0.5) is 0 Å². The summed E-state index contributed by atoms with van der Waals surface area (Å²) in [5, 5.41) is 10.1. The molecule has 1 atom stereocenters. The smallest absolute Gasteiger partial charge is 0.119 e. The number of benzene rings is 1. The SMILES string of the molecule is CN(CC(O)COc1ccc(CN)cc1)C1CCCCC1. The van der Waals surface area contributed by atoms with Gasteiger partial charge in [-0.3, -0.25) is 0 Å². The molecule has 0 aromatic heterocycles.